The maximum absolute atomic E-state index is 11.5. The first-order valence-electron chi connectivity index (χ1n) is 6.79. The molecule has 0 unspecified atom stereocenters. The van der Waals surface area contributed by atoms with E-state index in [2.05, 4.69) is 11.7 Å². The Morgan fingerprint density at radius 2 is 1.89 bits per heavy atom. The standard InChI is InChI=1S/C14H25NO4/c1-13(2,3)19-12(17)18-11(16)8-10(15)9-14(4)6-5-7-14/h10H,5-9,15H2,1-4H3/t10-/m1/s1. The van der Waals surface area contributed by atoms with Crippen LogP contribution in [0, 0.1) is 5.41 Å². The lowest BCUT2D eigenvalue weighted by molar-refractivity contribution is -0.142. The summed E-state index contributed by atoms with van der Waals surface area (Å²) in [7, 11) is 0. The van der Waals surface area contributed by atoms with Gasteiger partial charge in [0.2, 0.25) is 0 Å². The number of nitrogens with two attached hydrogens (primary N) is 1. The highest BCUT2D eigenvalue weighted by Gasteiger charge is 2.34. The summed E-state index contributed by atoms with van der Waals surface area (Å²) in [6.45, 7) is 7.31. The molecule has 0 spiro atoms. The fraction of sp³-hybridized carbons (Fsp3) is 0.857. The first-order chi connectivity index (χ1) is 8.60. The zero-order chi connectivity index (χ0) is 14.7. The van der Waals surface area contributed by atoms with E-state index in [0.717, 1.165) is 19.3 Å². The van der Waals surface area contributed by atoms with Crippen LogP contribution >= 0.6 is 0 Å². The van der Waals surface area contributed by atoms with E-state index in [0.29, 0.717) is 0 Å². The van der Waals surface area contributed by atoms with Gasteiger partial charge in [-0.25, -0.2) is 4.79 Å². The van der Waals surface area contributed by atoms with E-state index < -0.39 is 17.7 Å². The molecule has 0 aromatic heterocycles. The fourth-order valence-electron chi connectivity index (χ4n) is 2.31. The lowest BCUT2D eigenvalue weighted by atomic mass is 9.67. The minimum absolute atomic E-state index is 0.0504. The summed E-state index contributed by atoms with van der Waals surface area (Å²) in [6.07, 6.45) is 3.42. The van der Waals surface area contributed by atoms with Gasteiger partial charge in [-0.05, 0) is 45.4 Å². The van der Waals surface area contributed by atoms with Gasteiger partial charge in [0.1, 0.15) is 5.60 Å². The molecular weight excluding hydrogens is 246 g/mol. The van der Waals surface area contributed by atoms with Gasteiger partial charge < -0.3 is 15.2 Å². The number of hydrogen-bond donors (Lipinski definition) is 1. The molecule has 0 aromatic carbocycles. The Hall–Kier alpha value is -1.10. The number of ether oxygens (including phenoxy) is 2. The van der Waals surface area contributed by atoms with Crippen molar-refractivity contribution in [3.63, 3.8) is 0 Å². The number of carbonyl (C=O) groups excluding carboxylic acids is 2. The van der Waals surface area contributed by atoms with E-state index in [4.69, 9.17) is 10.5 Å². The van der Waals surface area contributed by atoms with Crippen molar-refractivity contribution in [1.82, 2.24) is 0 Å². The summed E-state index contributed by atoms with van der Waals surface area (Å²) in [4.78, 5) is 22.8. The molecule has 0 amide bonds. The van der Waals surface area contributed by atoms with Crippen molar-refractivity contribution in [2.24, 2.45) is 11.1 Å². The summed E-state index contributed by atoms with van der Waals surface area (Å²) < 4.78 is 9.48. The topological polar surface area (TPSA) is 78.6 Å². The lowest BCUT2D eigenvalue weighted by Gasteiger charge is -2.40. The third-order valence-electron chi connectivity index (χ3n) is 3.33. The van der Waals surface area contributed by atoms with E-state index in [9.17, 15) is 9.59 Å². The van der Waals surface area contributed by atoms with Gasteiger partial charge >= 0.3 is 12.1 Å². The molecule has 1 rings (SSSR count). The highest BCUT2D eigenvalue weighted by atomic mass is 16.7. The van der Waals surface area contributed by atoms with Gasteiger partial charge in [-0.15, -0.1) is 0 Å². The van der Waals surface area contributed by atoms with Crippen LogP contribution in [-0.2, 0) is 14.3 Å². The van der Waals surface area contributed by atoms with Crippen molar-refractivity contribution in [2.45, 2.75) is 71.4 Å². The first-order valence-corrected chi connectivity index (χ1v) is 6.79. The van der Waals surface area contributed by atoms with E-state index in [-0.39, 0.29) is 17.9 Å². The molecule has 0 aliphatic heterocycles. The number of hydrogen-bond acceptors (Lipinski definition) is 5. The largest absolute Gasteiger partial charge is 0.516 e. The van der Waals surface area contributed by atoms with E-state index >= 15 is 0 Å². The Kier molecular flexibility index (Phi) is 4.96. The molecule has 0 bridgehead atoms. The van der Waals surface area contributed by atoms with Gasteiger partial charge in [0.15, 0.2) is 0 Å². The number of carbonyl (C=O) groups is 2. The summed E-state index contributed by atoms with van der Waals surface area (Å²) in [6, 6.07) is -0.264. The molecule has 1 atom stereocenters. The molecule has 19 heavy (non-hydrogen) atoms. The van der Waals surface area contributed by atoms with Crippen molar-refractivity contribution in [1.29, 1.82) is 0 Å². The molecule has 1 fully saturated rings. The smallest absolute Gasteiger partial charge is 0.428 e. The third kappa shape index (κ3) is 6.05. The minimum atomic E-state index is -0.959. The fourth-order valence-corrected chi connectivity index (χ4v) is 2.31. The van der Waals surface area contributed by atoms with Crippen LogP contribution in [0.3, 0.4) is 0 Å². The van der Waals surface area contributed by atoms with Crippen LogP contribution in [0.5, 0.6) is 0 Å². The second-order valence-corrected chi connectivity index (χ2v) is 6.77. The molecule has 110 valence electrons. The first kappa shape index (κ1) is 16.0. The molecule has 1 aliphatic rings. The zero-order valence-corrected chi connectivity index (χ0v) is 12.3. The highest BCUT2D eigenvalue weighted by Crippen LogP contribution is 2.44. The van der Waals surface area contributed by atoms with Crippen molar-refractivity contribution in [2.75, 3.05) is 0 Å². The van der Waals surface area contributed by atoms with Crippen molar-refractivity contribution in [3.05, 3.63) is 0 Å². The number of esters is 1. The summed E-state index contributed by atoms with van der Waals surface area (Å²) in [5, 5.41) is 0. The third-order valence-corrected chi connectivity index (χ3v) is 3.33. The van der Waals surface area contributed by atoms with Gasteiger partial charge in [-0.3, -0.25) is 4.79 Å². The molecule has 0 radical (unpaired) electrons. The predicted octanol–water partition coefficient (Wildman–Crippen LogP) is 2.76. The van der Waals surface area contributed by atoms with Crippen molar-refractivity contribution in [3.8, 4) is 0 Å². The highest BCUT2D eigenvalue weighted by molar-refractivity contribution is 5.82. The summed E-state index contributed by atoms with van der Waals surface area (Å²) in [5.74, 6) is -0.621. The average molecular weight is 271 g/mol. The van der Waals surface area contributed by atoms with Crippen LogP contribution < -0.4 is 5.73 Å². The van der Waals surface area contributed by atoms with Crippen LogP contribution in [0.1, 0.15) is 59.8 Å². The lowest BCUT2D eigenvalue weighted by Crippen LogP contribution is -2.36. The van der Waals surface area contributed by atoms with E-state index in [1.54, 1.807) is 20.8 Å². The zero-order valence-electron chi connectivity index (χ0n) is 12.3. The second kappa shape index (κ2) is 5.90. The quantitative estimate of drug-likeness (QED) is 0.628. The maximum atomic E-state index is 11.5. The Labute approximate surface area is 114 Å². The Balaban J connectivity index is 2.28. The Morgan fingerprint density at radius 3 is 2.32 bits per heavy atom. The molecule has 2 N–H and O–H groups in total. The van der Waals surface area contributed by atoms with Crippen LogP contribution in [0.4, 0.5) is 4.79 Å². The molecule has 0 aromatic rings. The molecular formula is C14H25NO4. The van der Waals surface area contributed by atoms with Gasteiger partial charge in [0, 0.05) is 6.04 Å². The normalized spacial score (nSPS) is 19.2. The van der Waals surface area contributed by atoms with E-state index in [1.165, 1.54) is 6.42 Å². The monoisotopic (exact) mass is 271 g/mol. The molecule has 1 aliphatic carbocycles. The van der Waals surface area contributed by atoms with Gasteiger partial charge in [-0.2, -0.15) is 0 Å². The van der Waals surface area contributed by atoms with Crippen LogP contribution in [-0.4, -0.2) is 23.8 Å². The molecule has 5 nitrogen and oxygen atoms in total. The second-order valence-electron chi connectivity index (χ2n) is 6.77. The predicted molar refractivity (Wildman–Crippen MR) is 71.5 cm³/mol. The molecule has 1 saturated carbocycles. The Morgan fingerprint density at radius 1 is 1.32 bits per heavy atom. The van der Waals surface area contributed by atoms with Crippen LogP contribution in [0.15, 0.2) is 0 Å². The molecule has 0 saturated heterocycles. The maximum Gasteiger partial charge on any atom is 0.516 e. The summed E-state index contributed by atoms with van der Waals surface area (Å²) >= 11 is 0. The van der Waals surface area contributed by atoms with Crippen molar-refractivity contribution >= 4 is 12.1 Å². The van der Waals surface area contributed by atoms with Crippen LogP contribution in [0.25, 0.3) is 0 Å². The van der Waals surface area contributed by atoms with Crippen LogP contribution in [0.2, 0.25) is 0 Å². The van der Waals surface area contributed by atoms with E-state index in [1.807, 2.05) is 0 Å². The average Bonchev–Trinajstić information content (AvgIpc) is 2.10. The van der Waals surface area contributed by atoms with Gasteiger partial charge in [0.25, 0.3) is 0 Å². The van der Waals surface area contributed by atoms with Gasteiger partial charge in [0.05, 0.1) is 6.42 Å². The SMILES string of the molecule is CC1(C[C@H](N)CC(=O)OC(=O)OC(C)(C)C)CCC1. The molecule has 0 heterocycles. The van der Waals surface area contributed by atoms with Crippen molar-refractivity contribution < 1.29 is 19.1 Å². The minimum Gasteiger partial charge on any atom is -0.428 e. The van der Waals surface area contributed by atoms with Gasteiger partial charge in [-0.1, -0.05) is 13.3 Å². The Bertz CT molecular complexity index is 342. The summed E-state index contributed by atoms with van der Waals surface area (Å²) in [5.41, 5.74) is 5.51. The number of rotatable bonds is 4. The molecule has 5 heteroatoms.